The Hall–Kier alpha value is -4.66. The number of hydrogen-bond donors (Lipinski definition) is 2. The molecular formula is C25H20FN3O5. The molecule has 0 aliphatic carbocycles. The van der Waals surface area contributed by atoms with E-state index >= 15 is 0 Å². The van der Waals surface area contributed by atoms with Crippen molar-refractivity contribution in [3.63, 3.8) is 0 Å². The molecule has 8 nitrogen and oxygen atoms in total. The third-order valence-corrected chi connectivity index (χ3v) is 4.70. The van der Waals surface area contributed by atoms with Crippen molar-refractivity contribution in [3.8, 4) is 11.5 Å². The van der Waals surface area contributed by atoms with Crippen LogP contribution in [0, 0.1) is 5.82 Å². The maximum absolute atomic E-state index is 13.0. The molecule has 4 rings (SSSR count). The third-order valence-electron chi connectivity index (χ3n) is 4.70. The van der Waals surface area contributed by atoms with Gasteiger partial charge >= 0.3 is 5.91 Å². The van der Waals surface area contributed by atoms with Gasteiger partial charge in [-0.25, -0.2) is 9.82 Å². The molecule has 0 saturated carbocycles. The predicted molar refractivity (Wildman–Crippen MR) is 125 cm³/mol. The summed E-state index contributed by atoms with van der Waals surface area (Å²) >= 11 is 0. The normalized spacial score (nSPS) is 10.9. The number of anilines is 1. The second-order valence-corrected chi connectivity index (χ2v) is 7.10. The van der Waals surface area contributed by atoms with Gasteiger partial charge in [0.15, 0.2) is 23.9 Å². The van der Waals surface area contributed by atoms with E-state index in [1.807, 2.05) is 18.2 Å². The molecule has 1 aromatic heterocycles. The summed E-state index contributed by atoms with van der Waals surface area (Å²) < 4.78 is 29.3. The molecule has 0 bridgehead atoms. The average Bonchev–Trinajstić information content (AvgIpc) is 3.29. The minimum Gasteiger partial charge on any atom is -0.493 e. The fourth-order valence-electron chi connectivity index (χ4n) is 3.07. The van der Waals surface area contributed by atoms with Gasteiger partial charge in [0.1, 0.15) is 11.4 Å². The fraction of sp³-hybridized carbons (Fsp3) is 0.0800. The van der Waals surface area contributed by atoms with Crippen LogP contribution in [0.2, 0.25) is 0 Å². The molecule has 0 atom stereocenters. The molecule has 34 heavy (non-hydrogen) atoms. The number of rotatable bonds is 8. The molecule has 3 aromatic carbocycles. The highest BCUT2D eigenvalue weighted by atomic mass is 19.1. The van der Waals surface area contributed by atoms with Crippen molar-refractivity contribution in [2.45, 2.75) is 0 Å². The van der Waals surface area contributed by atoms with Gasteiger partial charge < -0.3 is 19.2 Å². The van der Waals surface area contributed by atoms with Crippen LogP contribution in [0.3, 0.4) is 0 Å². The Kier molecular flexibility index (Phi) is 6.83. The van der Waals surface area contributed by atoms with Crippen LogP contribution in [-0.2, 0) is 4.79 Å². The van der Waals surface area contributed by atoms with E-state index < -0.39 is 17.6 Å². The number of fused-ring (bicyclic) bond motifs is 1. The van der Waals surface area contributed by atoms with Crippen LogP contribution in [0.25, 0.3) is 11.0 Å². The first-order valence-corrected chi connectivity index (χ1v) is 10.2. The zero-order valence-corrected chi connectivity index (χ0v) is 18.1. The molecular weight excluding hydrogens is 441 g/mol. The summed E-state index contributed by atoms with van der Waals surface area (Å²) in [5.74, 6) is -0.406. The molecule has 0 spiro atoms. The van der Waals surface area contributed by atoms with E-state index in [-0.39, 0.29) is 12.4 Å². The van der Waals surface area contributed by atoms with Gasteiger partial charge in [-0.1, -0.05) is 18.2 Å². The minimum absolute atomic E-state index is 0.151. The molecule has 4 aromatic rings. The molecule has 9 heteroatoms. The number of nitrogens with zero attached hydrogens (tertiary/aromatic N) is 1. The summed E-state index contributed by atoms with van der Waals surface area (Å²) in [6.07, 6.45) is 1.44. The Balaban J connectivity index is 1.33. The Bertz CT molecular complexity index is 1320. The molecule has 172 valence electrons. The number of carbonyl (C=O) groups excluding carboxylic acids is 2. The van der Waals surface area contributed by atoms with E-state index in [1.54, 1.807) is 30.3 Å². The largest absolute Gasteiger partial charge is 0.493 e. The van der Waals surface area contributed by atoms with Gasteiger partial charge in [0.2, 0.25) is 0 Å². The number of ether oxygens (including phenoxy) is 2. The summed E-state index contributed by atoms with van der Waals surface area (Å²) in [7, 11) is 1.46. The maximum atomic E-state index is 13.0. The number of methoxy groups -OCH3 is 1. The van der Waals surface area contributed by atoms with Gasteiger partial charge in [-0.15, -0.1) is 0 Å². The SMILES string of the molecule is COc1cc(/C=N/NC(=O)c2cc3ccccc3o2)ccc1OCC(=O)Nc1ccc(F)cc1. The monoisotopic (exact) mass is 461 g/mol. The highest BCUT2D eigenvalue weighted by molar-refractivity contribution is 5.96. The Morgan fingerprint density at radius 3 is 2.59 bits per heavy atom. The molecule has 0 unspecified atom stereocenters. The highest BCUT2D eigenvalue weighted by Gasteiger charge is 2.12. The van der Waals surface area contributed by atoms with Crippen molar-refractivity contribution in [2.24, 2.45) is 5.10 Å². The zero-order chi connectivity index (χ0) is 23.9. The Morgan fingerprint density at radius 2 is 1.82 bits per heavy atom. The smallest absolute Gasteiger partial charge is 0.307 e. The number of carbonyl (C=O) groups is 2. The van der Waals surface area contributed by atoms with Crippen molar-refractivity contribution in [1.82, 2.24) is 5.43 Å². The summed E-state index contributed by atoms with van der Waals surface area (Å²) in [5, 5.41) is 7.38. The standard InChI is InChI=1S/C25H20FN3O5/c1-32-22-12-16(14-27-29-25(31)23-13-17-4-2-3-5-20(17)34-23)6-11-21(22)33-15-24(30)28-19-9-7-18(26)8-10-19/h2-14H,15H2,1H3,(H,28,30)(H,29,31)/b27-14+. The lowest BCUT2D eigenvalue weighted by Crippen LogP contribution is -2.20. The van der Waals surface area contributed by atoms with E-state index in [9.17, 15) is 14.0 Å². The van der Waals surface area contributed by atoms with Crippen molar-refractivity contribution >= 4 is 34.7 Å². The number of para-hydroxylation sites is 1. The van der Waals surface area contributed by atoms with Gasteiger partial charge in [-0.2, -0.15) is 5.10 Å². The van der Waals surface area contributed by atoms with Crippen LogP contribution < -0.4 is 20.2 Å². The second kappa shape index (κ2) is 10.3. The van der Waals surface area contributed by atoms with E-state index in [2.05, 4.69) is 15.8 Å². The van der Waals surface area contributed by atoms with Gasteiger partial charge in [0, 0.05) is 11.1 Å². The molecule has 2 N–H and O–H groups in total. The van der Waals surface area contributed by atoms with E-state index in [4.69, 9.17) is 13.9 Å². The molecule has 0 saturated heterocycles. The fourth-order valence-corrected chi connectivity index (χ4v) is 3.07. The first kappa shape index (κ1) is 22.5. The van der Waals surface area contributed by atoms with Gasteiger partial charge in [0.25, 0.3) is 5.91 Å². The number of halogens is 1. The first-order chi connectivity index (χ1) is 16.5. The zero-order valence-electron chi connectivity index (χ0n) is 18.1. The topological polar surface area (TPSA) is 102 Å². The molecule has 0 radical (unpaired) electrons. The summed E-state index contributed by atoms with van der Waals surface area (Å²) in [6, 6.07) is 19.3. The van der Waals surface area contributed by atoms with Crippen LogP contribution >= 0.6 is 0 Å². The summed E-state index contributed by atoms with van der Waals surface area (Å²) in [6.45, 7) is -0.269. The van der Waals surface area contributed by atoms with E-state index in [0.717, 1.165) is 5.39 Å². The number of benzene rings is 3. The number of furan rings is 1. The number of amides is 2. The Morgan fingerprint density at radius 1 is 1.03 bits per heavy atom. The second-order valence-electron chi connectivity index (χ2n) is 7.10. The quantitative estimate of drug-likeness (QED) is 0.300. The van der Waals surface area contributed by atoms with E-state index in [1.165, 1.54) is 37.6 Å². The highest BCUT2D eigenvalue weighted by Crippen LogP contribution is 2.27. The average molecular weight is 461 g/mol. The van der Waals surface area contributed by atoms with Gasteiger partial charge in [0.05, 0.1) is 13.3 Å². The lowest BCUT2D eigenvalue weighted by molar-refractivity contribution is -0.118. The van der Waals surface area contributed by atoms with Crippen molar-refractivity contribution in [2.75, 3.05) is 19.0 Å². The maximum Gasteiger partial charge on any atom is 0.307 e. The van der Waals surface area contributed by atoms with E-state index in [0.29, 0.717) is 28.3 Å². The predicted octanol–water partition coefficient (Wildman–Crippen LogP) is 4.36. The molecule has 0 fully saturated rings. The van der Waals surface area contributed by atoms with Crippen molar-refractivity contribution in [3.05, 3.63) is 89.9 Å². The van der Waals surface area contributed by atoms with Crippen LogP contribution in [0.15, 0.2) is 82.3 Å². The molecule has 0 aliphatic heterocycles. The molecule has 0 aliphatic rings. The van der Waals surface area contributed by atoms with Crippen LogP contribution in [0.5, 0.6) is 11.5 Å². The lowest BCUT2D eigenvalue weighted by Gasteiger charge is -2.11. The van der Waals surface area contributed by atoms with Gasteiger partial charge in [-0.05, 0) is 60.2 Å². The van der Waals surface area contributed by atoms with Crippen LogP contribution in [0.1, 0.15) is 16.1 Å². The lowest BCUT2D eigenvalue weighted by atomic mass is 10.2. The van der Waals surface area contributed by atoms with Crippen LogP contribution in [-0.4, -0.2) is 31.7 Å². The Labute approximate surface area is 194 Å². The summed E-state index contributed by atoms with van der Waals surface area (Å²) in [5.41, 5.74) is 4.12. The van der Waals surface area contributed by atoms with Gasteiger partial charge in [-0.3, -0.25) is 9.59 Å². The number of hydrogen-bond acceptors (Lipinski definition) is 6. The third kappa shape index (κ3) is 5.57. The number of nitrogens with one attached hydrogen (secondary N) is 2. The molecule has 2 amide bonds. The first-order valence-electron chi connectivity index (χ1n) is 10.2. The minimum atomic E-state index is -0.480. The van der Waals surface area contributed by atoms with Crippen molar-refractivity contribution < 1.29 is 27.9 Å². The van der Waals surface area contributed by atoms with Crippen LogP contribution in [0.4, 0.5) is 10.1 Å². The summed E-state index contributed by atoms with van der Waals surface area (Å²) in [4.78, 5) is 24.3. The van der Waals surface area contributed by atoms with Crippen molar-refractivity contribution in [1.29, 1.82) is 0 Å². The number of hydrazone groups is 1. The molecule has 1 heterocycles.